The van der Waals surface area contributed by atoms with E-state index >= 15 is 0 Å². The molecule has 0 aliphatic carbocycles. The molecule has 0 aliphatic heterocycles. The van der Waals surface area contributed by atoms with Crippen LogP contribution in [0.4, 0.5) is 0 Å². The summed E-state index contributed by atoms with van der Waals surface area (Å²) in [7, 11) is 0. The molecule has 10 heavy (non-hydrogen) atoms. The predicted octanol–water partition coefficient (Wildman–Crippen LogP) is 0.938. The first-order valence-electron chi connectivity index (χ1n) is 2.49. The summed E-state index contributed by atoms with van der Waals surface area (Å²) in [6.07, 6.45) is 1.17. The highest BCUT2D eigenvalue weighted by molar-refractivity contribution is 6.29. The Labute approximate surface area is 62.2 Å². The van der Waals surface area contributed by atoms with Gasteiger partial charge in [-0.3, -0.25) is 0 Å². The quantitative estimate of drug-likeness (QED) is 0.375. The fourth-order valence-corrected chi connectivity index (χ4v) is 0.555. The number of aromatic nitrogens is 2. The van der Waals surface area contributed by atoms with E-state index in [2.05, 4.69) is 15.4 Å². The Balaban J connectivity index is 2.89. The van der Waals surface area contributed by atoms with Gasteiger partial charge in [-0.1, -0.05) is 16.8 Å². The van der Waals surface area contributed by atoms with Gasteiger partial charge in [-0.2, -0.15) is 0 Å². The molecule has 0 atom stereocenters. The molecule has 0 unspecified atom stereocenters. The maximum absolute atomic E-state index is 8.06. The van der Waals surface area contributed by atoms with Gasteiger partial charge in [0.1, 0.15) is 5.69 Å². The molecule has 0 radical (unpaired) electrons. The predicted molar refractivity (Wildman–Crippen MR) is 36.4 cm³/mol. The fourth-order valence-electron chi connectivity index (χ4n) is 0.454. The van der Waals surface area contributed by atoms with Gasteiger partial charge in [-0.05, 0) is 12.1 Å². The van der Waals surface area contributed by atoms with Crippen molar-refractivity contribution in [1.29, 1.82) is 0 Å². The molecular weight excluding hydrogens is 154 g/mol. The molecule has 52 valence electrons. The third kappa shape index (κ3) is 1.66. The van der Waals surface area contributed by atoms with Crippen molar-refractivity contribution in [3.8, 4) is 0 Å². The van der Waals surface area contributed by atoms with E-state index in [0.29, 0.717) is 10.8 Å². The largest absolute Gasteiger partial charge is 0.411 e. The number of halogens is 1. The van der Waals surface area contributed by atoms with Gasteiger partial charge >= 0.3 is 0 Å². The van der Waals surface area contributed by atoms with Crippen molar-refractivity contribution < 1.29 is 5.21 Å². The molecule has 1 heterocycles. The smallest absolute Gasteiger partial charge is 0.151 e. The molecule has 0 aliphatic rings. The van der Waals surface area contributed by atoms with Crippen LogP contribution in [0.3, 0.4) is 0 Å². The molecule has 1 aromatic rings. The van der Waals surface area contributed by atoms with Crippen LogP contribution in [0.1, 0.15) is 5.69 Å². The molecule has 4 nitrogen and oxygen atoms in total. The van der Waals surface area contributed by atoms with E-state index in [0.717, 1.165) is 0 Å². The van der Waals surface area contributed by atoms with Gasteiger partial charge in [0, 0.05) is 0 Å². The first-order chi connectivity index (χ1) is 4.83. The molecule has 0 spiro atoms. The summed E-state index contributed by atoms with van der Waals surface area (Å²) in [5.74, 6) is 0. The summed E-state index contributed by atoms with van der Waals surface area (Å²) in [6, 6.07) is 3.15. The van der Waals surface area contributed by atoms with Crippen LogP contribution in [0.15, 0.2) is 17.3 Å². The third-order valence-electron chi connectivity index (χ3n) is 0.843. The third-order valence-corrected chi connectivity index (χ3v) is 1.04. The Bertz CT molecular complexity index is 233. The zero-order valence-electron chi connectivity index (χ0n) is 4.90. The summed E-state index contributed by atoms with van der Waals surface area (Å²) < 4.78 is 0. The fraction of sp³-hybridized carbons (Fsp3) is 0. The highest BCUT2D eigenvalue weighted by Gasteiger charge is 1.89. The second-order valence-corrected chi connectivity index (χ2v) is 1.91. The number of oxime groups is 1. The Hall–Kier alpha value is -1.16. The average Bonchev–Trinajstić information content (AvgIpc) is 1.95. The normalized spacial score (nSPS) is 10.5. The molecule has 0 saturated heterocycles. The van der Waals surface area contributed by atoms with Gasteiger partial charge in [0.25, 0.3) is 0 Å². The van der Waals surface area contributed by atoms with E-state index in [1.807, 2.05) is 0 Å². The lowest BCUT2D eigenvalue weighted by Gasteiger charge is -1.87. The van der Waals surface area contributed by atoms with Crippen LogP contribution >= 0.6 is 11.6 Å². The van der Waals surface area contributed by atoms with Crippen molar-refractivity contribution in [2.24, 2.45) is 5.16 Å². The van der Waals surface area contributed by atoms with Gasteiger partial charge in [0.05, 0.1) is 6.21 Å². The monoisotopic (exact) mass is 157 g/mol. The molecule has 1 rings (SSSR count). The SMILES string of the molecule is ON=Cc1ccc(Cl)nn1. The molecule has 0 amide bonds. The van der Waals surface area contributed by atoms with Gasteiger partial charge in [-0.25, -0.2) is 0 Å². The van der Waals surface area contributed by atoms with E-state index in [1.54, 1.807) is 12.1 Å². The van der Waals surface area contributed by atoms with Gasteiger partial charge in [0.2, 0.25) is 0 Å². The molecule has 1 N–H and O–H groups in total. The van der Waals surface area contributed by atoms with Crippen molar-refractivity contribution in [3.63, 3.8) is 0 Å². The second-order valence-electron chi connectivity index (χ2n) is 1.53. The van der Waals surface area contributed by atoms with E-state index in [4.69, 9.17) is 16.8 Å². The summed E-state index contributed by atoms with van der Waals surface area (Å²) in [6.45, 7) is 0. The van der Waals surface area contributed by atoms with Crippen molar-refractivity contribution in [2.75, 3.05) is 0 Å². The standard InChI is InChI=1S/C5H4ClN3O/c6-5-2-1-4(3-7-10)8-9-5/h1-3,10H. The zero-order chi connectivity index (χ0) is 7.40. The number of hydrogen-bond acceptors (Lipinski definition) is 4. The molecule has 0 saturated carbocycles. The van der Waals surface area contributed by atoms with Gasteiger partial charge in [-0.15, -0.1) is 10.2 Å². The van der Waals surface area contributed by atoms with Crippen molar-refractivity contribution in [3.05, 3.63) is 23.0 Å². The van der Waals surface area contributed by atoms with Crippen LogP contribution in [0.5, 0.6) is 0 Å². The lowest BCUT2D eigenvalue weighted by Crippen LogP contribution is -1.89. The second kappa shape index (κ2) is 3.12. The molecule has 0 fully saturated rings. The number of nitrogens with zero attached hydrogens (tertiary/aromatic N) is 3. The van der Waals surface area contributed by atoms with Crippen molar-refractivity contribution in [2.45, 2.75) is 0 Å². The van der Waals surface area contributed by atoms with E-state index in [9.17, 15) is 0 Å². The summed E-state index contributed by atoms with van der Waals surface area (Å²) in [5, 5.41) is 18.2. The van der Waals surface area contributed by atoms with Crippen LogP contribution in [-0.2, 0) is 0 Å². The van der Waals surface area contributed by atoms with Crippen LogP contribution in [0.25, 0.3) is 0 Å². The van der Waals surface area contributed by atoms with Gasteiger partial charge in [0.15, 0.2) is 5.15 Å². The zero-order valence-corrected chi connectivity index (χ0v) is 5.65. The Kier molecular flexibility index (Phi) is 2.17. The lowest BCUT2D eigenvalue weighted by atomic mass is 10.4. The minimum absolute atomic E-state index is 0.315. The summed E-state index contributed by atoms with van der Waals surface area (Å²) in [4.78, 5) is 0. The highest BCUT2D eigenvalue weighted by atomic mass is 35.5. The molecular formula is C5H4ClN3O. The minimum atomic E-state index is 0.315. The number of rotatable bonds is 1. The number of hydrogen-bond donors (Lipinski definition) is 1. The topological polar surface area (TPSA) is 58.4 Å². The Morgan fingerprint density at radius 1 is 1.50 bits per heavy atom. The Morgan fingerprint density at radius 3 is 2.80 bits per heavy atom. The van der Waals surface area contributed by atoms with Crippen LogP contribution in [0, 0.1) is 0 Å². The highest BCUT2D eigenvalue weighted by Crippen LogP contribution is 1.99. The minimum Gasteiger partial charge on any atom is -0.411 e. The molecule has 1 aromatic heterocycles. The van der Waals surface area contributed by atoms with Crippen LogP contribution in [-0.4, -0.2) is 21.6 Å². The first kappa shape index (κ1) is 6.95. The molecule has 0 bridgehead atoms. The van der Waals surface area contributed by atoms with Gasteiger partial charge < -0.3 is 5.21 Å². The summed E-state index contributed by atoms with van der Waals surface area (Å²) >= 11 is 5.43. The van der Waals surface area contributed by atoms with Crippen molar-refractivity contribution >= 4 is 17.8 Å². The maximum Gasteiger partial charge on any atom is 0.151 e. The van der Waals surface area contributed by atoms with E-state index in [-0.39, 0.29) is 0 Å². The molecule has 0 aromatic carbocycles. The van der Waals surface area contributed by atoms with Crippen molar-refractivity contribution in [1.82, 2.24) is 10.2 Å². The van der Waals surface area contributed by atoms with E-state index < -0.39 is 0 Å². The summed E-state index contributed by atoms with van der Waals surface area (Å²) in [5.41, 5.74) is 0.465. The molecule has 5 heteroatoms. The maximum atomic E-state index is 8.06. The Morgan fingerprint density at radius 2 is 2.30 bits per heavy atom. The van der Waals surface area contributed by atoms with E-state index in [1.165, 1.54) is 6.21 Å². The van der Waals surface area contributed by atoms with Crippen LogP contribution in [0.2, 0.25) is 5.15 Å². The lowest BCUT2D eigenvalue weighted by molar-refractivity contribution is 0.321. The van der Waals surface area contributed by atoms with Crippen LogP contribution < -0.4 is 0 Å². The first-order valence-corrected chi connectivity index (χ1v) is 2.87. The average molecular weight is 158 g/mol.